The van der Waals surface area contributed by atoms with Crippen LogP contribution in [-0.4, -0.2) is 60.0 Å². The van der Waals surface area contributed by atoms with Gasteiger partial charge in [-0.25, -0.2) is 8.42 Å². The number of benzene rings is 1. The summed E-state index contributed by atoms with van der Waals surface area (Å²) in [4.78, 5) is 19.4. The van der Waals surface area contributed by atoms with Crippen LogP contribution in [0, 0.1) is 10.1 Å². The Morgan fingerprint density at radius 2 is 1.86 bits per heavy atom. The minimum absolute atomic E-state index is 0.320. The largest absolute Gasteiger partial charge is 0.500 e. The molecule has 10 nitrogen and oxygen atoms in total. The summed E-state index contributed by atoms with van der Waals surface area (Å²) in [6.07, 6.45) is 0. The number of non-ortho nitro benzene ring substituents is 1. The normalized spacial score (nSPS) is 12.5. The Balaban J connectivity index is 2.80. The molecule has 0 atom stereocenters. The minimum atomic E-state index is -5.62. The van der Waals surface area contributed by atoms with E-state index in [0.29, 0.717) is 13.8 Å². The van der Waals surface area contributed by atoms with Crippen LogP contribution < -0.4 is 10.8 Å². The molecule has 0 saturated heterocycles. The number of nitrogens with zero attached hydrogens (tertiary/aromatic N) is 1. The van der Waals surface area contributed by atoms with Crippen molar-refractivity contribution in [2.45, 2.75) is 24.3 Å². The number of carbonyl (C=O) groups is 1. The second-order valence-electron chi connectivity index (χ2n) is 5.90. The first-order valence-electron chi connectivity index (χ1n) is 7.48. The van der Waals surface area contributed by atoms with Crippen LogP contribution in [0.15, 0.2) is 18.2 Å². The molecule has 0 fully saturated rings. The quantitative estimate of drug-likeness (QED) is 0.220. The van der Waals surface area contributed by atoms with Crippen molar-refractivity contribution in [3.63, 3.8) is 0 Å². The third-order valence-electron chi connectivity index (χ3n) is 3.50. The van der Waals surface area contributed by atoms with Gasteiger partial charge in [0.15, 0.2) is 4.93 Å². The van der Waals surface area contributed by atoms with Gasteiger partial charge in [0.1, 0.15) is 0 Å². The molecule has 3 N–H and O–H groups in total. The van der Waals surface area contributed by atoms with Crippen molar-refractivity contribution in [1.29, 1.82) is 0 Å². The third-order valence-corrected chi connectivity index (χ3v) is 5.52. The average molecular weight is 428 g/mol. The maximum Gasteiger partial charge on any atom is 0.500 e. The molecule has 0 aliphatic heterocycles. The Morgan fingerprint density at radius 3 is 2.32 bits per heavy atom. The van der Waals surface area contributed by atoms with Gasteiger partial charge in [0.25, 0.3) is 21.4 Å². The van der Waals surface area contributed by atoms with E-state index >= 15 is 0 Å². The average Bonchev–Trinajstić information content (AvgIpc) is 2.56. The molecule has 0 aromatic heterocycles. The molecule has 1 aromatic rings. The van der Waals surface area contributed by atoms with Crippen molar-refractivity contribution >= 4 is 34.0 Å². The number of hydrogen-bond acceptors (Lipinski definition) is 8. The summed E-state index contributed by atoms with van der Waals surface area (Å²) in [6.45, 7) is 0.369. The molecule has 1 amide bonds. The zero-order valence-electron chi connectivity index (χ0n) is 14.6. The fourth-order valence-corrected chi connectivity index (χ4v) is 2.74. The number of nitro benzene ring substituents is 1. The number of ether oxygens (including phenoxy) is 1. The van der Waals surface area contributed by atoms with Crippen LogP contribution >= 0.6 is 0 Å². The van der Waals surface area contributed by atoms with Crippen molar-refractivity contribution in [3.05, 3.63) is 33.9 Å². The highest BCUT2D eigenvalue weighted by atomic mass is 32.2. The molecule has 0 aliphatic rings. The maximum atomic E-state index is 12.6. The van der Waals surface area contributed by atoms with Gasteiger partial charge >= 0.3 is 12.6 Å². The molecule has 0 bridgehead atoms. The number of nitro groups is 1. The molecule has 0 heterocycles. The molecule has 0 saturated carbocycles. The number of carbonyl (C=O) groups excluding carboxylic acids is 1. The fraction of sp³-hybridized carbons (Fsp3) is 0.462. The van der Waals surface area contributed by atoms with Crippen LogP contribution in [0.25, 0.3) is 0 Å². The first-order chi connectivity index (χ1) is 12.6. The summed E-state index contributed by atoms with van der Waals surface area (Å²) in [5.41, 5.74) is -6.76. The number of nitrogens with one attached hydrogen (secondary N) is 1. The number of halogens is 3. The Morgan fingerprint density at radius 1 is 1.29 bits per heavy atom. The lowest BCUT2D eigenvalue weighted by molar-refractivity contribution is -0.384. The Kier molecular flexibility index (Phi) is 7.16. The van der Waals surface area contributed by atoms with Gasteiger partial charge in [0, 0.05) is 24.2 Å². The van der Waals surface area contributed by atoms with Crippen LogP contribution in [0.3, 0.4) is 0 Å². The topological polar surface area (TPSA) is 156 Å². The predicted octanol–water partition coefficient (Wildman–Crippen LogP) is -0.308. The number of alkyl halides is 3. The molecule has 0 radical (unpaired) electrons. The molecule has 0 aliphatic carbocycles. The first-order valence-corrected chi connectivity index (χ1v) is 8.97. The number of sulfone groups is 1. The smallest absolute Gasteiger partial charge is 0.423 e. The summed E-state index contributed by atoms with van der Waals surface area (Å²) in [5.74, 6) is -0.925. The summed E-state index contributed by atoms with van der Waals surface area (Å²) < 4.78 is 65.2. The van der Waals surface area contributed by atoms with Gasteiger partial charge < -0.3 is 20.1 Å². The number of rotatable bonds is 8. The van der Waals surface area contributed by atoms with E-state index in [-0.39, 0.29) is 11.0 Å². The lowest BCUT2D eigenvalue weighted by atomic mass is 9.79. The van der Waals surface area contributed by atoms with E-state index in [2.05, 4.69) is 5.32 Å². The lowest BCUT2D eigenvalue weighted by Crippen LogP contribution is -2.45. The second kappa shape index (κ2) is 8.42. The summed E-state index contributed by atoms with van der Waals surface area (Å²) in [5, 5.41) is 31.2. The minimum Gasteiger partial charge on any atom is -0.423 e. The van der Waals surface area contributed by atoms with E-state index in [9.17, 15) is 36.5 Å². The lowest BCUT2D eigenvalue weighted by Gasteiger charge is -2.26. The van der Waals surface area contributed by atoms with Crippen molar-refractivity contribution in [3.8, 4) is 0 Å². The van der Waals surface area contributed by atoms with E-state index in [0.717, 1.165) is 18.2 Å². The zero-order chi connectivity index (χ0) is 21.9. The molecule has 0 spiro atoms. The molecule has 0 unspecified atom stereocenters. The molecule has 15 heteroatoms. The van der Waals surface area contributed by atoms with E-state index in [1.807, 2.05) is 0 Å². The molecule has 28 heavy (non-hydrogen) atoms. The van der Waals surface area contributed by atoms with E-state index in [4.69, 9.17) is 14.8 Å². The number of hydrogen-bond donors (Lipinski definition) is 3. The highest BCUT2D eigenvalue weighted by Gasteiger charge is 2.55. The number of amides is 1. The molecule has 156 valence electrons. The highest BCUT2D eigenvalue weighted by molar-refractivity contribution is 7.93. The van der Waals surface area contributed by atoms with E-state index < -0.39 is 57.1 Å². The van der Waals surface area contributed by atoms with Gasteiger partial charge in [-0.2, -0.15) is 13.2 Å². The predicted molar refractivity (Wildman–Crippen MR) is 90.3 cm³/mol. The molecular formula is C13H16BF3N2O8S. The first kappa shape index (κ1) is 23.8. The second-order valence-corrected chi connectivity index (χ2v) is 8.35. The van der Waals surface area contributed by atoms with Crippen LogP contribution in [0.2, 0.25) is 0 Å². The SMILES string of the molecule is CC(C)(OCCNC(=O)c1cc(B(O)O)cc([N+](=O)[O-])c1)S(=O)(=O)C(F)(F)F. The van der Waals surface area contributed by atoms with Crippen LogP contribution in [0.5, 0.6) is 0 Å². The van der Waals surface area contributed by atoms with Gasteiger partial charge in [0.05, 0.1) is 11.5 Å². The Labute approximate surface area is 157 Å². The maximum absolute atomic E-state index is 12.6. The zero-order valence-corrected chi connectivity index (χ0v) is 15.4. The monoisotopic (exact) mass is 428 g/mol. The molecule has 1 aromatic carbocycles. The Bertz CT molecular complexity index is 858. The van der Waals surface area contributed by atoms with Crippen LogP contribution in [0.1, 0.15) is 24.2 Å². The third kappa shape index (κ3) is 5.40. The highest BCUT2D eigenvalue weighted by Crippen LogP contribution is 2.34. The van der Waals surface area contributed by atoms with Crippen molar-refractivity contribution in [1.82, 2.24) is 5.32 Å². The van der Waals surface area contributed by atoms with Crippen molar-refractivity contribution in [2.75, 3.05) is 13.2 Å². The van der Waals surface area contributed by atoms with Crippen molar-refractivity contribution in [2.24, 2.45) is 0 Å². The van der Waals surface area contributed by atoms with Gasteiger partial charge in [-0.3, -0.25) is 14.9 Å². The van der Waals surface area contributed by atoms with Gasteiger partial charge in [-0.05, 0) is 25.4 Å². The Hall–Kier alpha value is -2.23. The fourth-order valence-electron chi connectivity index (χ4n) is 1.94. The van der Waals surface area contributed by atoms with E-state index in [1.54, 1.807) is 0 Å². The van der Waals surface area contributed by atoms with Gasteiger partial charge in [-0.1, -0.05) is 0 Å². The summed E-state index contributed by atoms with van der Waals surface area (Å²) in [6, 6.07) is 2.65. The standard InChI is InChI=1S/C13H16BF3N2O8S/c1-12(2,28(25,26)13(15,16)17)27-4-3-18-11(20)8-5-9(14(21)22)7-10(6-8)19(23)24/h5-7,21-22H,3-4H2,1-2H3,(H,18,20). The molecule has 1 rings (SSSR count). The van der Waals surface area contributed by atoms with Gasteiger partial charge in [0.2, 0.25) is 0 Å². The molecular weight excluding hydrogens is 412 g/mol. The van der Waals surface area contributed by atoms with Gasteiger partial charge in [-0.15, -0.1) is 0 Å². The van der Waals surface area contributed by atoms with Crippen LogP contribution in [0.4, 0.5) is 18.9 Å². The van der Waals surface area contributed by atoms with E-state index in [1.165, 1.54) is 0 Å². The van der Waals surface area contributed by atoms with Crippen LogP contribution in [-0.2, 0) is 14.6 Å². The summed E-state index contributed by atoms with van der Waals surface area (Å²) in [7, 11) is -7.71. The summed E-state index contributed by atoms with van der Waals surface area (Å²) >= 11 is 0. The van der Waals surface area contributed by atoms with Crippen molar-refractivity contribution < 1.29 is 46.1 Å².